The Hall–Kier alpha value is -6.01. The van der Waals surface area contributed by atoms with Crippen molar-refractivity contribution in [2.45, 2.75) is 216 Å². The minimum Gasteiger partial charge on any atom is -0.496 e. The number of nitrogens with zero attached hydrogens (tertiary/aromatic N) is 4. The molecule has 6 saturated carbocycles. The number of hydrogen-bond donors (Lipinski definition) is 0. The molecule has 10 nitrogen and oxygen atoms in total. The second-order valence-electron chi connectivity index (χ2n) is 32.9. The van der Waals surface area contributed by atoms with E-state index in [1.165, 1.54) is 238 Å². The molecule has 100 heavy (non-hydrogen) atoms. The van der Waals surface area contributed by atoms with Crippen LogP contribution in [0.3, 0.4) is 0 Å². The summed E-state index contributed by atoms with van der Waals surface area (Å²) >= 11 is 0. The molecule has 6 aromatic rings. The maximum atomic E-state index is 12.1. The van der Waals surface area contributed by atoms with Gasteiger partial charge < -0.3 is 43.3 Å². The first kappa shape index (κ1) is 69.7. The van der Waals surface area contributed by atoms with Gasteiger partial charge in [0, 0.05) is 49.4 Å². The van der Waals surface area contributed by atoms with Gasteiger partial charge in [0.15, 0.2) is 17.3 Å². The van der Waals surface area contributed by atoms with Crippen molar-refractivity contribution in [1.29, 1.82) is 0 Å². The molecule has 0 spiro atoms. The number of hydrogen-bond acceptors (Lipinski definition) is 10. The SMILES string of the molecule is CCC(=O)c1ccc(OC)c(C2CCN([C@H]3C[C@H]4CCC3C4)CC2)c1.COc1ccc(-c2ccc3c(c2)OCO3)cc1C1CCN(C2C[C@@H]3CCC2C3)CC1.Cc1cccc(-c2ccccc2C2CCN([C@H]3C[C@H]4CCC3C4)CC2)c1.Cc1ccccc1C1CCN(C2CCOCC2)CC1. The molecule has 6 aromatic carbocycles. The Morgan fingerprint density at radius 3 is 1.42 bits per heavy atom. The maximum absolute atomic E-state index is 12.1. The van der Waals surface area contributed by atoms with E-state index in [4.69, 9.17) is 23.7 Å². The molecule has 534 valence electrons. The van der Waals surface area contributed by atoms with Gasteiger partial charge in [0.2, 0.25) is 6.79 Å². The molecule has 6 heterocycles. The number of carbonyl (C=O) groups excluding carboxylic acids is 1. The molecule has 0 N–H and O–H groups in total. The molecule has 11 fully saturated rings. The number of likely N-dealkylation sites (tertiary alicyclic amines) is 4. The molecule has 10 heteroatoms. The van der Waals surface area contributed by atoms with Crippen LogP contribution in [0.1, 0.15) is 222 Å². The molecule has 6 aliphatic heterocycles. The molecule has 9 atom stereocenters. The summed E-state index contributed by atoms with van der Waals surface area (Å²) in [6, 6.07) is 49.3. The zero-order chi connectivity index (χ0) is 68.1. The summed E-state index contributed by atoms with van der Waals surface area (Å²) in [6.45, 7) is 18.6. The van der Waals surface area contributed by atoms with Gasteiger partial charge in [-0.25, -0.2) is 0 Å². The Labute approximate surface area is 600 Å². The van der Waals surface area contributed by atoms with Gasteiger partial charge in [0.05, 0.1) is 14.2 Å². The van der Waals surface area contributed by atoms with Crippen molar-refractivity contribution in [2.24, 2.45) is 35.5 Å². The van der Waals surface area contributed by atoms with Crippen LogP contribution < -0.4 is 18.9 Å². The van der Waals surface area contributed by atoms with Gasteiger partial charge in [0.25, 0.3) is 0 Å². The van der Waals surface area contributed by atoms with E-state index in [-0.39, 0.29) is 5.78 Å². The number of fused-ring (bicyclic) bond motifs is 7. The Balaban J connectivity index is 0.000000110. The highest BCUT2D eigenvalue weighted by Gasteiger charge is 2.46. The van der Waals surface area contributed by atoms with Gasteiger partial charge >= 0.3 is 0 Å². The lowest BCUT2D eigenvalue weighted by molar-refractivity contribution is 0.0251. The number of benzene rings is 6. The molecular weight excluding hydrogens is 1230 g/mol. The zero-order valence-electron chi connectivity index (χ0n) is 61.5. The van der Waals surface area contributed by atoms with Gasteiger partial charge in [-0.3, -0.25) is 4.79 Å². The van der Waals surface area contributed by atoms with E-state index in [0.717, 1.165) is 113 Å². The molecule has 12 aliphatic rings. The predicted octanol–water partition coefficient (Wildman–Crippen LogP) is 19.5. The van der Waals surface area contributed by atoms with E-state index in [1.54, 1.807) is 25.3 Å². The number of aryl methyl sites for hydroxylation is 2. The highest BCUT2D eigenvalue weighted by atomic mass is 16.7. The lowest BCUT2D eigenvalue weighted by Gasteiger charge is -2.40. The Kier molecular flexibility index (Phi) is 22.5. The largest absolute Gasteiger partial charge is 0.496 e. The normalized spacial score (nSPS) is 28.1. The number of Topliss-reactive ketones (excluding diaryl/α,β-unsaturated/α-hetero) is 1. The van der Waals surface area contributed by atoms with Crippen LogP contribution in [-0.2, 0) is 4.74 Å². The quantitative estimate of drug-likeness (QED) is 0.0985. The fourth-order valence-electron chi connectivity index (χ4n) is 21.9. The number of piperidine rings is 4. The van der Waals surface area contributed by atoms with Crippen molar-refractivity contribution in [3.05, 3.63) is 166 Å². The van der Waals surface area contributed by atoms with Gasteiger partial charge in [-0.05, 0) is 340 Å². The van der Waals surface area contributed by atoms with E-state index < -0.39 is 0 Å². The van der Waals surface area contributed by atoms with Crippen LogP contribution in [0.4, 0.5) is 0 Å². The summed E-state index contributed by atoms with van der Waals surface area (Å²) in [5.74, 6) is 12.5. The molecule has 5 saturated heterocycles. The van der Waals surface area contributed by atoms with Crippen LogP contribution in [0.15, 0.2) is 127 Å². The van der Waals surface area contributed by atoms with Crippen molar-refractivity contribution in [2.75, 3.05) is 86.6 Å². The van der Waals surface area contributed by atoms with E-state index in [0.29, 0.717) is 25.0 Å². The summed E-state index contributed by atoms with van der Waals surface area (Å²) in [4.78, 5) is 23.2. The highest BCUT2D eigenvalue weighted by molar-refractivity contribution is 5.96. The average molecular weight is 1350 g/mol. The second kappa shape index (κ2) is 32.3. The van der Waals surface area contributed by atoms with E-state index >= 15 is 0 Å². The molecule has 6 aliphatic carbocycles. The van der Waals surface area contributed by atoms with Crippen LogP contribution in [0.25, 0.3) is 22.3 Å². The predicted molar refractivity (Wildman–Crippen MR) is 406 cm³/mol. The van der Waals surface area contributed by atoms with Gasteiger partial charge in [0.1, 0.15) is 11.5 Å². The Morgan fingerprint density at radius 2 is 0.900 bits per heavy atom. The van der Waals surface area contributed by atoms with Crippen molar-refractivity contribution in [3.63, 3.8) is 0 Å². The number of methoxy groups -OCH3 is 2. The van der Waals surface area contributed by atoms with E-state index in [1.807, 2.05) is 25.1 Å². The number of ketones is 1. The van der Waals surface area contributed by atoms with Crippen molar-refractivity contribution < 1.29 is 28.5 Å². The minimum absolute atomic E-state index is 0.225. The molecule has 4 unspecified atom stereocenters. The third-order valence-electron chi connectivity index (χ3n) is 27.4. The Bertz CT molecular complexity index is 3680. The first-order valence-electron chi connectivity index (χ1n) is 40.1. The molecule has 6 bridgehead atoms. The van der Waals surface area contributed by atoms with Crippen LogP contribution in [0.2, 0.25) is 0 Å². The summed E-state index contributed by atoms with van der Waals surface area (Å²) in [7, 11) is 3.54. The van der Waals surface area contributed by atoms with Crippen LogP contribution >= 0.6 is 0 Å². The third kappa shape index (κ3) is 15.7. The maximum Gasteiger partial charge on any atom is 0.231 e. The molecule has 0 aromatic heterocycles. The topological polar surface area (TPSA) is 76.2 Å². The number of rotatable bonds is 14. The van der Waals surface area contributed by atoms with Crippen LogP contribution in [0, 0.1) is 49.4 Å². The monoisotopic (exact) mass is 1350 g/mol. The first-order chi connectivity index (χ1) is 49.1. The molecule has 18 rings (SSSR count). The Morgan fingerprint density at radius 1 is 0.420 bits per heavy atom. The first-order valence-corrected chi connectivity index (χ1v) is 40.1. The van der Waals surface area contributed by atoms with Crippen molar-refractivity contribution >= 4 is 5.78 Å². The smallest absolute Gasteiger partial charge is 0.231 e. The molecular formula is C90H118N4O6. The second-order valence-corrected chi connectivity index (χ2v) is 32.9. The molecule has 0 radical (unpaired) electrons. The fraction of sp³-hybridized carbons (Fsp3) is 0.589. The standard InChI is InChI=1S/C26H31NO3.C25H31N.C22H31NO2.C17H25NO/c1-28-24-6-4-19(20-5-7-25-26(15-20)30-16-29-25)14-22(24)18-8-10-27(11-9-18)23-13-17-2-3-21(23)12-17;1-18-5-4-6-21(15-18)24-8-3-2-7-23(24)20-11-13-26(14-12-20)25-17-19-9-10-22(25)16-19;1-3-21(24)18-6-7-22(25-2)19(14-18)16-8-10-23(11-9-16)20-13-15-4-5-17(20)12-15;1-14-4-2-3-5-17(14)15-6-10-18(11-7-15)16-8-12-19-13-9-16/h4-7,14-15,17-18,21,23H,2-3,8-13,16H2,1H3;2-8,15,19-20,22,25H,9-14,16-17H2,1H3;6-7,14-17,20H,3-5,8-13H2,1-2H3;2-5,15-16H,6-13H2,1H3/t17-,21?,23?;19-,22?,25-;15-,17?,20-;/m100./s1. The van der Waals surface area contributed by atoms with Crippen LogP contribution in [-0.4, -0.2) is 136 Å². The fourth-order valence-corrected chi connectivity index (χ4v) is 21.9. The van der Waals surface area contributed by atoms with E-state index in [2.05, 4.69) is 143 Å². The van der Waals surface area contributed by atoms with E-state index in [9.17, 15) is 4.79 Å². The number of ether oxygens (including phenoxy) is 5. The van der Waals surface area contributed by atoms with Crippen molar-refractivity contribution in [1.82, 2.24) is 19.6 Å². The summed E-state index contributed by atoms with van der Waals surface area (Å²) in [6.07, 6.45) is 31.0. The van der Waals surface area contributed by atoms with Crippen molar-refractivity contribution in [3.8, 4) is 45.3 Å². The van der Waals surface area contributed by atoms with Gasteiger partial charge in [-0.15, -0.1) is 0 Å². The van der Waals surface area contributed by atoms with Gasteiger partial charge in [-0.1, -0.05) is 117 Å². The van der Waals surface area contributed by atoms with Gasteiger partial charge in [-0.2, -0.15) is 0 Å². The zero-order valence-corrected chi connectivity index (χ0v) is 61.5. The number of carbonyl (C=O) groups is 1. The summed E-state index contributed by atoms with van der Waals surface area (Å²) < 4.78 is 27.9. The highest BCUT2D eigenvalue weighted by Crippen LogP contribution is 2.52. The minimum atomic E-state index is 0.225. The lowest BCUT2D eigenvalue weighted by Crippen LogP contribution is -2.43. The lowest BCUT2D eigenvalue weighted by atomic mass is 9.83. The van der Waals surface area contributed by atoms with Crippen LogP contribution in [0.5, 0.6) is 23.0 Å². The summed E-state index contributed by atoms with van der Waals surface area (Å²) in [5.41, 5.74) is 14.6. The summed E-state index contributed by atoms with van der Waals surface area (Å²) in [5, 5.41) is 0. The molecule has 0 amide bonds. The average Bonchev–Trinajstić information content (AvgIpc) is 1.54. The third-order valence-corrected chi connectivity index (χ3v) is 27.4.